The van der Waals surface area contributed by atoms with Crippen LogP contribution in [-0.4, -0.2) is 9.55 Å². The fraction of sp³-hybridized carbons (Fsp3) is 0.170. The molecule has 0 radical (unpaired) electrons. The second kappa shape index (κ2) is 15.7. The van der Waals surface area contributed by atoms with Crippen molar-refractivity contribution in [2.45, 2.75) is 59.3 Å². The molecule has 2 aromatic heterocycles. The molecule has 0 N–H and O–H groups in total. The van der Waals surface area contributed by atoms with Gasteiger partial charge in [-0.15, -0.1) is 53.6 Å². The zero-order valence-corrected chi connectivity index (χ0v) is 36.8. The summed E-state index contributed by atoms with van der Waals surface area (Å²) in [5.41, 5.74) is 12.0. The van der Waals surface area contributed by atoms with Gasteiger partial charge in [0.15, 0.2) is 0 Å². The van der Waals surface area contributed by atoms with Gasteiger partial charge in [0.25, 0.3) is 0 Å². The number of allylic oxidation sites excluding steroid dienone is 2. The van der Waals surface area contributed by atoms with E-state index in [1.165, 1.54) is 16.7 Å². The third-order valence-electron chi connectivity index (χ3n) is 11.7. The SMILES string of the molecule is CC1=C(C)N(c2ccc(C(C)(C)C)cc2)[CH-]N1c1[c-]c(Oc2[c-]c3c(cc2)c2ccccc2n3-c2cc(C(C)(C)c3ccccc3)ccn2)cc(-c2ccccc2)c1.[Pt]. The van der Waals surface area contributed by atoms with Crippen molar-refractivity contribution in [2.24, 2.45) is 0 Å². The van der Waals surface area contributed by atoms with E-state index in [-0.39, 0.29) is 31.9 Å². The van der Waals surface area contributed by atoms with E-state index in [1.54, 1.807) is 0 Å². The van der Waals surface area contributed by atoms with Gasteiger partial charge < -0.3 is 19.1 Å². The van der Waals surface area contributed by atoms with Crippen molar-refractivity contribution in [3.63, 3.8) is 0 Å². The van der Waals surface area contributed by atoms with Crippen LogP contribution in [0.2, 0.25) is 0 Å². The molecule has 59 heavy (non-hydrogen) atoms. The molecular weight excluding hydrogens is 904 g/mol. The monoisotopic (exact) mass is 950 g/mol. The minimum absolute atomic E-state index is 0. The predicted octanol–water partition coefficient (Wildman–Crippen LogP) is 13.6. The van der Waals surface area contributed by atoms with Gasteiger partial charge in [0.1, 0.15) is 5.82 Å². The number of pyridine rings is 1. The first-order chi connectivity index (χ1) is 28.0. The van der Waals surface area contributed by atoms with E-state index in [4.69, 9.17) is 9.72 Å². The predicted molar refractivity (Wildman–Crippen MR) is 240 cm³/mol. The van der Waals surface area contributed by atoms with Gasteiger partial charge >= 0.3 is 0 Å². The van der Waals surface area contributed by atoms with E-state index < -0.39 is 0 Å². The zero-order chi connectivity index (χ0) is 40.2. The molecule has 0 unspecified atom stereocenters. The largest absolute Gasteiger partial charge is 0.509 e. The van der Waals surface area contributed by atoms with Crippen LogP contribution in [0, 0.1) is 18.8 Å². The van der Waals surface area contributed by atoms with Gasteiger partial charge in [0, 0.05) is 66.8 Å². The van der Waals surface area contributed by atoms with Crippen LogP contribution in [-0.2, 0) is 31.9 Å². The minimum atomic E-state index is -0.222. The summed E-state index contributed by atoms with van der Waals surface area (Å²) >= 11 is 0. The van der Waals surface area contributed by atoms with Crippen LogP contribution in [0.25, 0.3) is 38.8 Å². The van der Waals surface area contributed by atoms with Gasteiger partial charge in [0.05, 0.1) is 0 Å². The second-order valence-electron chi connectivity index (χ2n) is 16.7. The van der Waals surface area contributed by atoms with Crippen LogP contribution in [0.15, 0.2) is 163 Å². The minimum Gasteiger partial charge on any atom is -0.509 e. The van der Waals surface area contributed by atoms with Crippen LogP contribution >= 0.6 is 0 Å². The Morgan fingerprint density at radius 1 is 0.576 bits per heavy atom. The molecule has 0 atom stereocenters. The van der Waals surface area contributed by atoms with Gasteiger partial charge in [-0.25, -0.2) is 4.98 Å². The number of hydrogen-bond donors (Lipinski definition) is 0. The normalized spacial score (nSPS) is 13.3. The molecule has 6 aromatic carbocycles. The second-order valence-corrected chi connectivity index (χ2v) is 16.7. The third kappa shape index (κ3) is 7.49. The van der Waals surface area contributed by atoms with E-state index in [9.17, 15) is 0 Å². The van der Waals surface area contributed by atoms with Crippen LogP contribution in [0.3, 0.4) is 0 Å². The Kier molecular flexibility index (Phi) is 10.6. The van der Waals surface area contributed by atoms with Gasteiger partial charge in [-0.1, -0.05) is 131 Å². The topological polar surface area (TPSA) is 33.5 Å². The fourth-order valence-electron chi connectivity index (χ4n) is 8.01. The molecule has 9 rings (SSSR count). The van der Waals surface area contributed by atoms with Gasteiger partial charge in [0.2, 0.25) is 0 Å². The van der Waals surface area contributed by atoms with E-state index in [1.807, 2.05) is 18.3 Å². The van der Waals surface area contributed by atoms with Gasteiger partial charge in [-0.05, 0) is 77.2 Å². The number of hydrogen-bond acceptors (Lipinski definition) is 4. The van der Waals surface area contributed by atoms with Crippen LogP contribution in [0.1, 0.15) is 65.2 Å². The van der Waals surface area contributed by atoms with Crippen LogP contribution in [0.4, 0.5) is 11.4 Å². The van der Waals surface area contributed by atoms with E-state index in [0.29, 0.717) is 11.5 Å². The summed E-state index contributed by atoms with van der Waals surface area (Å²) in [4.78, 5) is 9.39. The quantitative estimate of drug-likeness (QED) is 0.142. The Labute approximate surface area is 362 Å². The molecule has 6 heteroatoms. The number of nitrogens with zero attached hydrogens (tertiary/aromatic N) is 4. The summed E-state index contributed by atoms with van der Waals surface area (Å²) in [6, 6.07) is 58.4. The smallest absolute Gasteiger partial charge is 0.135 e. The number of aromatic nitrogens is 2. The summed E-state index contributed by atoms with van der Waals surface area (Å²) in [6.07, 6.45) is 1.91. The number of para-hydroxylation sites is 1. The van der Waals surface area contributed by atoms with Crippen molar-refractivity contribution in [2.75, 3.05) is 9.80 Å². The van der Waals surface area contributed by atoms with E-state index in [2.05, 4.69) is 215 Å². The molecular formula is C53H47N4OPt-3. The standard InChI is InChI=1S/C53H47N4O.Pt/c1-36-37(2)56(35-55(36)43-24-22-40(23-25-43)52(3,4)5)44-30-39(38-16-10-8-11-17-38)31-46(33-44)58-45-26-27-48-47-20-14-15-21-49(47)57(50(48)34-45)51-32-42(28-29-54-51)53(6,7)41-18-12-9-13-19-41;/h8-32,35H,1-7H3;/q-3;. The summed E-state index contributed by atoms with van der Waals surface area (Å²) in [5, 5.41) is 2.22. The molecule has 0 saturated carbocycles. The average molecular weight is 951 g/mol. The average Bonchev–Trinajstić information content (AvgIpc) is 3.73. The summed E-state index contributed by atoms with van der Waals surface area (Å²) < 4.78 is 8.98. The van der Waals surface area contributed by atoms with Crippen molar-refractivity contribution in [3.8, 4) is 28.4 Å². The number of ether oxygens (including phenoxy) is 1. The number of fused-ring (bicyclic) bond motifs is 3. The Morgan fingerprint density at radius 2 is 1.25 bits per heavy atom. The molecule has 0 fully saturated rings. The van der Waals surface area contributed by atoms with E-state index in [0.717, 1.165) is 61.5 Å². The molecule has 298 valence electrons. The first kappa shape index (κ1) is 39.9. The van der Waals surface area contributed by atoms with Gasteiger partial charge in [-0.2, -0.15) is 6.07 Å². The maximum atomic E-state index is 6.78. The number of anilines is 2. The number of benzene rings is 6. The van der Waals surface area contributed by atoms with Crippen molar-refractivity contribution < 1.29 is 25.8 Å². The first-order valence-corrected chi connectivity index (χ1v) is 20.0. The molecule has 0 spiro atoms. The maximum Gasteiger partial charge on any atom is 0.135 e. The third-order valence-corrected chi connectivity index (χ3v) is 11.7. The molecule has 1 aliphatic heterocycles. The Hall–Kier alpha value is -5.90. The molecule has 0 aliphatic carbocycles. The summed E-state index contributed by atoms with van der Waals surface area (Å²) in [7, 11) is 0. The fourth-order valence-corrected chi connectivity index (χ4v) is 8.01. The summed E-state index contributed by atoms with van der Waals surface area (Å²) in [5.74, 6) is 2.03. The summed E-state index contributed by atoms with van der Waals surface area (Å²) in [6.45, 7) is 17.7. The molecule has 0 bridgehead atoms. The van der Waals surface area contributed by atoms with Crippen molar-refractivity contribution >= 4 is 33.2 Å². The molecule has 3 heterocycles. The van der Waals surface area contributed by atoms with Crippen LogP contribution < -0.4 is 14.5 Å². The molecule has 1 aliphatic rings. The number of rotatable bonds is 8. The Balaban J connectivity index is 0.00000484. The first-order valence-electron chi connectivity index (χ1n) is 20.0. The molecule has 0 saturated heterocycles. The van der Waals surface area contributed by atoms with Crippen molar-refractivity contribution in [1.82, 2.24) is 9.55 Å². The van der Waals surface area contributed by atoms with Gasteiger partial charge in [-0.3, -0.25) is 0 Å². The van der Waals surface area contributed by atoms with E-state index >= 15 is 0 Å². The Bertz CT molecular complexity index is 2820. The molecule has 0 amide bonds. The van der Waals surface area contributed by atoms with Crippen LogP contribution in [0.5, 0.6) is 11.5 Å². The van der Waals surface area contributed by atoms with Crippen molar-refractivity contribution in [1.29, 1.82) is 0 Å². The molecule has 5 nitrogen and oxygen atoms in total. The Morgan fingerprint density at radius 3 is 1.98 bits per heavy atom. The van der Waals surface area contributed by atoms with Crippen molar-refractivity contribution in [3.05, 3.63) is 199 Å². The molecule has 8 aromatic rings. The zero-order valence-electron chi connectivity index (χ0n) is 34.5. The maximum absolute atomic E-state index is 6.78.